The summed E-state index contributed by atoms with van der Waals surface area (Å²) in [6.07, 6.45) is -3.37. The number of nitrogens with zero attached hydrogens (tertiary/aromatic N) is 2. The maximum atomic E-state index is 13.6. The van der Waals surface area contributed by atoms with Gasteiger partial charge in [-0.1, -0.05) is 97.1 Å². The molecule has 0 aromatic heterocycles. The molecule has 0 N–H and O–H groups in total. The molecule has 1 heterocycles. The average Bonchev–Trinajstić information content (AvgIpc) is 3.34. The molecule has 0 spiro atoms. The quantitative estimate of drug-likeness (QED) is 0.250. The molecule has 5 nitrogen and oxygen atoms in total. The number of alkyl halides is 3. The summed E-state index contributed by atoms with van der Waals surface area (Å²) in [5, 5.41) is 0. The Bertz CT molecular complexity index is 1580. The lowest BCUT2D eigenvalue weighted by molar-refractivity contribution is -0.137. The van der Waals surface area contributed by atoms with Crippen LogP contribution in [0.3, 0.4) is 0 Å². The first-order valence-corrected chi connectivity index (χ1v) is 12.9. The van der Waals surface area contributed by atoms with Crippen LogP contribution >= 0.6 is 0 Å². The SMILES string of the molecule is O=C(N=C1CC(c2ccccc2)/C(=C/c2ccccc2)N1C(=O)OCc1ccccc1)c1cccc(C(F)(F)F)c1. The van der Waals surface area contributed by atoms with Crippen molar-refractivity contribution in [3.63, 3.8) is 0 Å². The van der Waals surface area contributed by atoms with Crippen molar-refractivity contribution in [2.75, 3.05) is 0 Å². The summed E-state index contributed by atoms with van der Waals surface area (Å²) in [7, 11) is 0. The standard InChI is InChI=1S/C33H25F3N2O3/c34-33(35,36)27-18-10-17-26(20-27)31(39)37-30-21-28(25-15-8-3-9-16-25)29(19-23-11-4-1-5-12-23)38(30)32(40)41-22-24-13-6-2-7-14-24/h1-20,28H,21-22H2/b29-19-,37-30?. The van der Waals surface area contributed by atoms with E-state index in [0.29, 0.717) is 5.70 Å². The number of amides is 2. The predicted molar refractivity (Wildman–Crippen MR) is 150 cm³/mol. The number of ether oxygens (including phenoxy) is 1. The maximum Gasteiger partial charge on any atom is 0.420 e. The van der Waals surface area contributed by atoms with Crippen molar-refractivity contribution >= 4 is 23.9 Å². The molecular weight excluding hydrogens is 529 g/mol. The Kier molecular flexibility index (Phi) is 8.10. The van der Waals surface area contributed by atoms with E-state index in [2.05, 4.69) is 4.99 Å². The first-order valence-electron chi connectivity index (χ1n) is 12.9. The highest BCUT2D eigenvalue weighted by molar-refractivity contribution is 6.09. The van der Waals surface area contributed by atoms with Crippen LogP contribution < -0.4 is 0 Å². The fourth-order valence-corrected chi connectivity index (χ4v) is 4.64. The molecule has 41 heavy (non-hydrogen) atoms. The van der Waals surface area contributed by atoms with E-state index in [9.17, 15) is 22.8 Å². The van der Waals surface area contributed by atoms with Crippen LogP contribution in [0.25, 0.3) is 6.08 Å². The Hall–Kier alpha value is -4.98. The summed E-state index contributed by atoms with van der Waals surface area (Å²) in [6.45, 7) is -0.0142. The second-order valence-electron chi connectivity index (χ2n) is 9.43. The van der Waals surface area contributed by atoms with Gasteiger partial charge in [0.15, 0.2) is 0 Å². The number of allylic oxidation sites excluding steroid dienone is 1. The Morgan fingerprint density at radius 2 is 1.49 bits per heavy atom. The largest absolute Gasteiger partial charge is 0.444 e. The van der Waals surface area contributed by atoms with Crippen molar-refractivity contribution in [2.45, 2.75) is 25.1 Å². The molecule has 0 saturated carbocycles. The minimum absolute atomic E-state index is 0.0142. The number of amidine groups is 1. The molecule has 4 aromatic carbocycles. The lowest BCUT2D eigenvalue weighted by Gasteiger charge is -2.21. The molecule has 206 valence electrons. The third-order valence-electron chi connectivity index (χ3n) is 6.63. The van der Waals surface area contributed by atoms with E-state index >= 15 is 0 Å². The van der Waals surface area contributed by atoms with Crippen molar-refractivity contribution in [3.05, 3.63) is 149 Å². The zero-order chi connectivity index (χ0) is 28.8. The minimum Gasteiger partial charge on any atom is -0.444 e. The van der Waals surface area contributed by atoms with E-state index in [4.69, 9.17) is 4.74 Å². The highest BCUT2D eigenvalue weighted by Crippen LogP contribution is 2.40. The molecule has 1 atom stereocenters. The molecule has 2 amide bonds. The fourth-order valence-electron chi connectivity index (χ4n) is 4.64. The summed E-state index contributed by atoms with van der Waals surface area (Å²) in [6, 6.07) is 32.0. The lowest BCUT2D eigenvalue weighted by Crippen LogP contribution is -2.32. The van der Waals surface area contributed by atoms with Gasteiger partial charge < -0.3 is 4.74 Å². The number of benzene rings is 4. The second kappa shape index (κ2) is 12.0. The van der Waals surface area contributed by atoms with Gasteiger partial charge in [0.2, 0.25) is 0 Å². The molecule has 1 fully saturated rings. The van der Waals surface area contributed by atoms with E-state index in [0.717, 1.165) is 34.9 Å². The monoisotopic (exact) mass is 554 g/mol. The summed E-state index contributed by atoms with van der Waals surface area (Å²) in [4.78, 5) is 32.3. The van der Waals surface area contributed by atoms with Gasteiger partial charge in [-0.3, -0.25) is 4.79 Å². The van der Waals surface area contributed by atoms with Crippen LogP contribution in [0.2, 0.25) is 0 Å². The van der Waals surface area contributed by atoms with Crippen LogP contribution in [-0.4, -0.2) is 22.7 Å². The third kappa shape index (κ3) is 6.61. The number of aliphatic imine (C=N–C) groups is 1. The number of halogens is 3. The van der Waals surface area contributed by atoms with Gasteiger partial charge in [0, 0.05) is 23.6 Å². The molecule has 8 heteroatoms. The topological polar surface area (TPSA) is 59.0 Å². The molecule has 0 bridgehead atoms. The number of hydrogen-bond acceptors (Lipinski definition) is 3. The number of hydrogen-bond donors (Lipinski definition) is 0. The Morgan fingerprint density at radius 1 is 0.854 bits per heavy atom. The summed E-state index contributed by atoms with van der Waals surface area (Å²) >= 11 is 0. The van der Waals surface area contributed by atoms with Crippen molar-refractivity contribution in [1.82, 2.24) is 4.90 Å². The first-order chi connectivity index (χ1) is 19.8. The number of carbonyl (C=O) groups is 2. The second-order valence-corrected chi connectivity index (χ2v) is 9.43. The number of likely N-dealkylation sites (tertiary alicyclic amines) is 1. The van der Waals surface area contributed by atoms with E-state index in [-0.39, 0.29) is 30.3 Å². The van der Waals surface area contributed by atoms with Gasteiger partial charge in [-0.25, -0.2) is 9.69 Å². The smallest absolute Gasteiger partial charge is 0.420 e. The van der Waals surface area contributed by atoms with Crippen LogP contribution in [0, 0.1) is 0 Å². The fraction of sp³-hybridized carbons (Fsp3) is 0.121. The van der Waals surface area contributed by atoms with Gasteiger partial charge in [0.05, 0.1) is 5.56 Å². The van der Waals surface area contributed by atoms with Crippen LogP contribution in [0.15, 0.2) is 126 Å². The van der Waals surface area contributed by atoms with Gasteiger partial charge in [-0.2, -0.15) is 18.2 Å². The maximum absolute atomic E-state index is 13.6. The first kappa shape index (κ1) is 27.6. The molecule has 1 aliphatic heterocycles. The summed E-state index contributed by atoms with van der Waals surface area (Å²) in [5.74, 6) is -1.17. The van der Waals surface area contributed by atoms with E-state index in [1.54, 1.807) is 0 Å². The van der Waals surface area contributed by atoms with Crippen LogP contribution in [-0.2, 0) is 17.5 Å². The Balaban J connectivity index is 1.57. The van der Waals surface area contributed by atoms with E-state index in [1.807, 2.05) is 97.1 Å². The van der Waals surface area contributed by atoms with Crippen molar-refractivity contribution in [1.29, 1.82) is 0 Å². The highest BCUT2D eigenvalue weighted by Gasteiger charge is 2.40. The summed E-state index contributed by atoms with van der Waals surface area (Å²) < 4.78 is 45.6. The van der Waals surface area contributed by atoms with Crippen LogP contribution in [0.5, 0.6) is 0 Å². The lowest BCUT2D eigenvalue weighted by atomic mass is 9.94. The molecule has 4 aromatic rings. The molecule has 0 aliphatic carbocycles. The van der Waals surface area contributed by atoms with Gasteiger partial charge in [-0.05, 0) is 41.0 Å². The van der Waals surface area contributed by atoms with Crippen molar-refractivity contribution < 1.29 is 27.5 Å². The molecule has 0 radical (unpaired) electrons. The zero-order valence-electron chi connectivity index (χ0n) is 21.8. The van der Waals surface area contributed by atoms with Gasteiger partial charge in [0.25, 0.3) is 5.91 Å². The van der Waals surface area contributed by atoms with Crippen LogP contribution in [0.4, 0.5) is 18.0 Å². The predicted octanol–water partition coefficient (Wildman–Crippen LogP) is 8.11. The van der Waals surface area contributed by atoms with Crippen LogP contribution in [0.1, 0.15) is 45.0 Å². The number of rotatable bonds is 5. The van der Waals surface area contributed by atoms with Gasteiger partial charge >= 0.3 is 12.3 Å². The average molecular weight is 555 g/mol. The Morgan fingerprint density at radius 3 is 2.15 bits per heavy atom. The zero-order valence-corrected chi connectivity index (χ0v) is 21.8. The third-order valence-corrected chi connectivity index (χ3v) is 6.63. The summed E-state index contributed by atoms with van der Waals surface area (Å²) in [5.41, 5.74) is 1.81. The molecule has 1 unspecified atom stereocenters. The molecule has 1 aliphatic rings. The van der Waals surface area contributed by atoms with E-state index < -0.39 is 23.7 Å². The normalized spacial score (nSPS) is 17.1. The molecule has 5 rings (SSSR count). The van der Waals surface area contributed by atoms with E-state index in [1.165, 1.54) is 11.0 Å². The Labute approximate surface area is 235 Å². The van der Waals surface area contributed by atoms with Gasteiger partial charge in [0.1, 0.15) is 12.4 Å². The highest BCUT2D eigenvalue weighted by atomic mass is 19.4. The minimum atomic E-state index is -4.62. The molecular formula is C33H25F3N2O3. The van der Waals surface area contributed by atoms with Crippen molar-refractivity contribution in [2.24, 2.45) is 4.99 Å². The van der Waals surface area contributed by atoms with Crippen molar-refractivity contribution in [3.8, 4) is 0 Å². The van der Waals surface area contributed by atoms with Gasteiger partial charge in [-0.15, -0.1) is 0 Å². The molecule has 1 saturated heterocycles. The number of carbonyl (C=O) groups excluding carboxylic acids is 2.